The Morgan fingerprint density at radius 1 is 1.22 bits per heavy atom. The van der Waals surface area contributed by atoms with E-state index in [-0.39, 0.29) is 11.8 Å². The highest BCUT2D eigenvalue weighted by molar-refractivity contribution is 5.84. The zero-order chi connectivity index (χ0) is 16.4. The molecule has 23 heavy (non-hydrogen) atoms. The molecule has 2 aliphatic heterocycles. The molecule has 1 aromatic heterocycles. The highest BCUT2D eigenvalue weighted by Crippen LogP contribution is 2.32. The topological polar surface area (TPSA) is 69.9 Å². The molecule has 7 heteroatoms. The molecule has 126 valence electrons. The highest BCUT2D eigenvalue weighted by atomic mass is 16.5. The van der Waals surface area contributed by atoms with Crippen molar-refractivity contribution in [1.29, 1.82) is 0 Å². The Labute approximate surface area is 136 Å². The summed E-state index contributed by atoms with van der Waals surface area (Å²) in [6.45, 7) is 8.67. The van der Waals surface area contributed by atoms with E-state index in [1.807, 2.05) is 17.9 Å². The molecule has 3 rings (SSSR count). The summed E-state index contributed by atoms with van der Waals surface area (Å²) in [5.41, 5.74) is 0.490. The molecule has 0 N–H and O–H groups in total. The van der Waals surface area contributed by atoms with Crippen LogP contribution in [0.25, 0.3) is 0 Å². The SMILES string of the molecule is CC(=O)N1CCC(C)(C(=O)N2CCN(Cc3ccon3)CC2)C1. The van der Waals surface area contributed by atoms with E-state index in [2.05, 4.69) is 10.1 Å². The molecule has 0 radical (unpaired) electrons. The molecule has 0 saturated carbocycles. The van der Waals surface area contributed by atoms with Crippen LogP contribution in [-0.4, -0.2) is 70.9 Å². The molecule has 0 bridgehead atoms. The summed E-state index contributed by atoms with van der Waals surface area (Å²) >= 11 is 0. The van der Waals surface area contributed by atoms with Crippen LogP contribution in [-0.2, 0) is 16.1 Å². The molecular weight excluding hydrogens is 296 g/mol. The molecule has 0 aliphatic carbocycles. The van der Waals surface area contributed by atoms with E-state index in [1.54, 1.807) is 18.1 Å². The van der Waals surface area contributed by atoms with Crippen LogP contribution in [0.1, 0.15) is 26.0 Å². The third-order valence-corrected chi connectivity index (χ3v) is 4.97. The highest BCUT2D eigenvalue weighted by Gasteiger charge is 2.43. The fourth-order valence-electron chi connectivity index (χ4n) is 3.44. The maximum absolute atomic E-state index is 12.9. The Hall–Kier alpha value is -1.89. The predicted molar refractivity (Wildman–Crippen MR) is 83.3 cm³/mol. The quantitative estimate of drug-likeness (QED) is 0.815. The van der Waals surface area contributed by atoms with Gasteiger partial charge in [-0.3, -0.25) is 14.5 Å². The second-order valence-corrected chi connectivity index (χ2v) is 6.81. The maximum Gasteiger partial charge on any atom is 0.230 e. The van der Waals surface area contributed by atoms with Gasteiger partial charge in [-0.1, -0.05) is 5.16 Å². The van der Waals surface area contributed by atoms with Crippen LogP contribution >= 0.6 is 0 Å². The third kappa shape index (κ3) is 3.39. The van der Waals surface area contributed by atoms with Crippen molar-refractivity contribution in [2.75, 3.05) is 39.3 Å². The third-order valence-electron chi connectivity index (χ3n) is 4.97. The van der Waals surface area contributed by atoms with Gasteiger partial charge < -0.3 is 14.3 Å². The Morgan fingerprint density at radius 2 is 1.96 bits per heavy atom. The monoisotopic (exact) mass is 320 g/mol. The second kappa shape index (κ2) is 6.31. The van der Waals surface area contributed by atoms with E-state index in [0.717, 1.165) is 44.8 Å². The van der Waals surface area contributed by atoms with Crippen molar-refractivity contribution < 1.29 is 14.1 Å². The smallest absolute Gasteiger partial charge is 0.230 e. The lowest BCUT2D eigenvalue weighted by Gasteiger charge is -2.38. The number of carbonyl (C=O) groups is 2. The van der Waals surface area contributed by atoms with Gasteiger partial charge >= 0.3 is 0 Å². The van der Waals surface area contributed by atoms with Crippen molar-refractivity contribution in [3.05, 3.63) is 18.0 Å². The molecule has 1 aromatic rings. The van der Waals surface area contributed by atoms with Gasteiger partial charge in [-0.25, -0.2) is 0 Å². The Kier molecular flexibility index (Phi) is 4.39. The number of amides is 2. The van der Waals surface area contributed by atoms with Crippen molar-refractivity contribution in [3.8, 4) is 0 Å². The minimum absolute atomic E-state index is 0.0546. The van der Waals surface area contributed by atoms with E-state index >= 15 is 0 Å². The van der Waals surface area contributed by atoms with Crippen molar-refractivity contribution >= 4 is 11.8 Å². The summed E-state index contributed by atoms with van der Waals surface area (Å²) in [6.07, 6.45) is 2.33. The number of carbonyl (C=O) groups excluding carboxylic acids is 2. The summed E-state index contributed by atoms with van der Waals surface area (Å²) in [5.74, 6) is 0.237. The molecule has 2 aliphatic rings. The second-order valence-electron chi connectivity index (χ2n) is 6.81. The van der Waals surface area contributed by atoms with E-state index in [0.29, 0.717) is 13.1 Å². The van der Waals surface area contributed by atoms with Gasteiger partial charge in [0.15, 0.2) is 0 Å². The lowest BCUT2D eigenvalue weighted by molar-refractivity contribution is -0.142. The average molecular weight is 320 g/mol. The van der Waals surface area contributed by atoms with Gasteiger partial charge in [0.1, 0.15) is 6.26 Å². The molecule has 2 amide bonds. The molecule has 7 nitrogen and oxygen atoms in total. The minimum Gasteiger partial charge on any atom is -0.364 e. The van der Waals surface area contributed by atoms with Crippen molar-refractivity contribution in [2.45, 2.75) is 26.8 Å². The fraction of sp³-hybridized carbons (Fsp3) is 0.688. The largest absolute Gasteiger partial charge is 0.364 e. The van der Waals surface area contributed by atoms with Crippen molar-refractivity contribution in [3.63, 3.8) is 0 Å². The molecule has 2 fully saturated rings. The number of nitrogens with zero attached hydrogens (tertiary/aromatic N) is 4. The van der Waals surface area contributed by atoms with Crippen LogP contribution in [0.5, 0.6) is 0 Å². The van der Waals surface area contributed by atoms with Gasteiger partial charge in [0.2, 0.25) is 11.8 Å². The molecule has 3 heterocycles. The first kappa shape index (κ1) is 16.0. The van der Waals surface area contributed by atoms with Crippen LogP contribution in [0.4, 0.5) is 0 Å². The number of piperazine rings is 1. The van der Waals surface area contributed by atoms with Gasteiger partial charge in [0.25, 0.3) is 0 Å². The Balaban J connectivity index is 1.53. The van der Waals surface area contributed by atoms with E-state index in [4.69, 9.17) is 4.52 Å². The Morgan fingerprint density at radius 3 is 2.52 bits per heavy atom. The van der Waals surface area contributed by atoms with Crippen molar-refractivity contribution in [1.82, 2.24) is 19.9 Å². The van der Waals surface area contributed by atoms with E-state index in [1.165, 1.54) is 0 Å². The molecule has 0 aromatic carbocycles. The molecule has 0 spiro atoms. The minimum atomic E-state index is -0.431. The summed E-state index contributed by atoms with van der Waals surface area (Å²) in [6, 6.07) is 1.87. The number of hydrogen-bond acceptors (Lipinski definition) is 5. The lowest BCUT2D eigenvalue weighted by Crippen LogP contribution is -2.53. The normalized spacial score (nSPS) is 25.8. The molecular formula is C16H24N4O3. The zero-order valence-corrected chi connectivity index (χ0v) is 13.8. The first-order valence-electron chi connectivity index (χ1n) is 8.14. The Bertz CT molecular complexity index is 566. The first-order valence-corrected chi connectivity index (χ1v) is 8.14. The molecule has 2 saturated heterocycles. The molecule has 1 unspecified atom stereocenters. The van der Waals surface area contributed by atoms with Crippen molar-refractivity contribution in [2.24, 2.45) is 5.41 Å². The predicted octanol–water partition coefficient (Wildman–Crippen LogP) is 0.577. The van der Waals surface area contributed by atoms with Gasteiger partial charge in [-0.05, 0) is 13.3 Å². The summed E-state index contributed by atoms with van der Waals surface area (Å²) in [4.78, 5) is 30.4. The number of likely N-dealkylation sites (tertiary alicyclic amines) is 1. The van der Waals surface area contributed by atoms with Gasteiger partial charge in [0.05, 0.1) is 11.1 Å². The zero-order valence-electron chi connectivity index (χ0n) is 13.8. The number of hydrogen-bond donors (Lipinski definition) is 0. The lowest BCUT2D eigenvalue weighted by atomic mass is 9.87. The van der Waals surface area contributed by atoms with Gasteiger partial charge in [-0.15, -0.1) is 0 Å². The van der Waals surface area contributed by atoms with Gasteiger partial charge in [-0.2, -0.15) is 0 Å². The standard InChI is InChI=1S/C16H24N4O3/c1-13(21)20-5-4-16(2,12-20)15(22)19-8-6-18(7-9-19)11-14-3-10-23-17-14/h3,10H,4-9,11-12H2,1-2H3. The van der Waals surface area contributed by atoms with Gasteiger partial charge in [0, 0.05) is 58.8 Å². The maximum atomic E-state index is 12.9. The van der Waals surface area contributed by atoms with Crippen LogP contribution in [0.2, 0.25) is 0 Å². The van der Waals surface area contributed by atoms with E-state index in [9.17, 15) is 9.59 Å². The number of rotatable bonds is 3. The van der Waals surface area contributed by atoms with Crippen LogP contribution in [0, 0.1) is 5.41 Å². The van der Waals surface area contributed by atoms with Crippen LogP contribution < -0.4 is 0 Å². The molecule has 1 atom stereocenters. The van der Waals surface area contributed by atoms with Crippen LogP contribution in [0.15, 0.2) is 16.9 Å². The summed E-state index contributed by atoms with van der Waals surface area (Å²) < 4.78 is 4.85. The average Bonchev–Trinajstić information content (AvgIpc) is 3.18. The summed E-state index contributed by atoms with van der Waals surface area (Å²) in [5, 5.41) is 3.93. The number of aromatic nitrogens is 1. The fourth-order valence-corrected chi connectivity index (χ4v) is 3.44. The summed E-state index contributed by atoms with van der Waals surface area (Å²) in [7, 11) is 0. The van der Waals surface area contributed by atoms with E-state index < -0.39 is 5.41 Å². The first-order chi connectivity index (χ1) is 11.0. The van der Waals surface area contributed by atoms with Crippen LogP contribution in [0.3, 0.4) is 0 Å².